The van der Waals surface area contributed by atoms with Crippen LogP contribution < -0.4 is 5.32 Å². The Labute approximate surface area is 167 Å². The Morgan fingerprint density at radius 2 is 1.54 bits per heavy atom. The topological polar surface area (TPSA) is 81.7 Å². The number of hydrogen-bond acceptors (Lipinski definition) is 5. The van der Waals surface area contributed by atoms with Crippen molar-refractivity contribution in [2.45, 2.75) is 71.6 Å². The van der Waals surface area contributed by atoms with E-state index in [0.717, 1.165) is 5.56 Å². The molecule has 0 aliphatic heterocycles. The normalized spacial score (nSPS) is 12.2. The standard InChI is InChI=1S/C22H29NO5/c1-21(2,3)27-19(25)18(23-20(26)28-22(4,5)6)15-14-17(24)13-12-16-10-8-7-9-11-16/h7-11,18H,14-15H2,1-6H3,(H,23,26)/t18-/m0/s1. The van der Waals surface area contributed by atoms with Crippen LogP contribution in [0.2, 0.25) is 0 Å². The van der Waals surface area contributed by atoms with Crippen molar-refractivity contribution in [3.63, 3.8) is 0 Å². The number of carbonyl (C=O) groups excluding carboxylic acids is 3. The third kappa shape index (κ3) is 10.4. The number of carbonyl (C=O) groups is 3. The van der Waals surface area contributed by atoms with Crippen LogP contribution in [0.1, 0.15) is 59.9 Å². The maximum absolute atomic E-state index is 12.4. The second-order valence-electron chi connectivity index (χ2n) is 8.31. The molecule has 1 N–H and O–H groups in total. The molecule has 0 heterocycles. The highest BCUT2D eigenvalue weighted by atomic mass is 16.6. The quantitative estimate of drug-likeness (QED) is 0.616. The number of benzene rings is 1. The van der Waals surface area contributed by atoms with Crippen LogP contribution in [-0.2, 0) is 19.1 Å². The van der Waals surface area contributed by atoms with Gasteiger partial charge >= 0.3 is 12.1 Å². The molecule has 0 radical (unpaired) electrons. The van der Waals surface area contributed by atoms with Crippen LogP contribution in [0.25, 0.3) is 0 Å². The Kier molecular flexibility index (Phi) is 8.24. The largest absolute Gasteiger partial charge is 0.458 e. The van der Waals surface area contributed by atoms with Crippen molar-refractivity contribution in [2.24, 2.45) is 0 Å². The van der Waals surface area contributed by atoms with E-state index in [4.69, 9.17) is 9.47 Å². The van der Waals surface area contributed by atoms with Gasteiger partial charge in [0.1, 0.15) is 17.2 Å². The zero-order valence-corrected chi connectivity index (χ0v) is 17.4. The summed E-state index contributed by atoms with van der Waals surface area (Å²) in [7, 11) is 0. The molecule has 0 saturated carbocycles. The summed E-state index contributed by atoms with van der Waals surface area (Å²) < 4.78 is 10.5. The zero-order chi connectivity index (χ0) is 21.4. The van der Waals surface area contributed by atoms with Gasteiger partial charge in [-0.2, -0.15) is 0 Å². The number of ketones is 1. The Morgan fingerprint density at radius 1 is 0.964 bits per heavy atom. The van der Waals surface area contributed by atoms with E-state index in [1.54, 1.807) is 53.7 Å². The van der Waals surface area contributed by atoms with Crippen LogP contribution in [0.15, 0.2) is 30.3 Å². The second kappa shape index (κ2) is 9.93. The molecule has 1 aromatic carbocycles. The fourth-order valence-corrected chi connectivity index (χ4v) is 2.07. The van der Waals surface area contributed by atoms with E-state index in [0.29, 0.717) is 0 Å². The zero-order valence-electron chi connectivity index (χ0n) is 17.4. The maximum Gasteiger partial charge on any atom is 0.408 e. The summed E-state index contributed by atoms with van der Waals surface area (Å²) in [5.74, 6) is 4.37. The van der Waals surface area contributed by atoms with Crippen LogP contribution in [-0.4, -0.2) is 35.1 Å². The molecule has 0 saturated heterocycles. The summed E-state index contributed by atoms with van der Waals surface area (Å²) >= 11 is 0. The third-order valence-electron chi connectivity index (χ3n) is 3.16. The van der Waals surface area contributed by atoms with Gasteiger partial charge in [-0.25, -0.2) is 9.59 Å². The number of hydrogen-bond donors (Lipinski definition) is 1. The fourth-order valence-electron chi connectivity index (χ4n) is 2.07. The highest BCUT2D eigenvalue weighted by Gasteiger charge is 2.28. The Hall–Kier alpha value is -2.81. The molecule has 6 nitrogen and oxygen atoms in total. The van der Waals surface area contributed by atoms with Crippen molar-refractivity contribution < 1.29 is 23.9 Å². The monoisotopic (exact) mass is 387 g/mol. The first-order valence-electron chi connectivity index (χ1n) is 9.18. The first-order valence-corrected chi connectivity index (χ1v) is 9.18. The van der Waals surface area contributed by atoms with Gasteiger partial charge in [0, 0.05) is 12.0 Å². The molecule has 1 atom stereocenters. The smallest absolute Gasteiger partial charge is 0.408 e. The van der Waals surface area contributed by atoms with Crippen molar-refractivity contribution in [2.75, 3.05) is 0 Å². The molecule has 1 amide bonds. The maximum atomic E-state index is 12.4. The number of rotatable bonds is 5. The molecule has 0 aromatic heterocycles. The molecular weight excluding hydrogens is 358 g/mol. The van der Waals surface area contributed by atoms with Gasteiger partial charge in [-0.3, -0.25) is 4.79 Å². The van der Waals surface area contributed by atoms with Gasteiger partial charge in [-0.05, 0) is 66.0 Å². The molecule has 0 bridgehead atoms. The predicted molar refractivity (Wildman–Crippen MR) is 107 cm³/mol. The molecule has 0 aliphatic carbocycles. The van der Waals surface area contributed by atoms with Gasteiger partial charge < -0.3 is 14.8 Å². The molecular formula is C22H29NO5. The van der Waals surface area contributed by atoms with Crippen molar-refractivity contribution >= 4 is 17.8 Å². The van der Waals surface area contributed by atoms with Gasteiger partial charge in [-0.15, -0.1) is 0 Å². The van der Waals surface area contributed by atoms with E-state index in [1.165, 1.54) is 0 Å². The Morgan fingerprint density at radius 3 is 2.07 bits per heavy atom. The molecule has 0 unspecified atom stereocenters. The van der Waals surface area contributed by atoms with E-state index in [2.05, 4.69) is 17.2 Å². The van der Waals surface area contributed by atoms with Crippen molar-refractivity contribution in [1.82, 2.24) is 5.32 Å². The van der Waals surface area contributed by atoms with Gasteiger partial charge in [0.15, 0.2) is 0 Å². The average Bonchev–Trinajstić information content (AvgIpc) is 2.54. The lowest BCUT2D eigenvalue weighted by molar-refractivity contribution is -0.157. The first-order chi connectivity index (χ1) is 12.9. The molecule has 0 aliphatic rings. The van der Waals surface area contributed by atoms with Crippen LogP contribution >= 0.6 is 0 Å². The lowest BCUT2D eigenvalue weighted by atomic mass is 10.1. The van der Waals surface area contributed by atoms with E-state index >= 15 is 0 Å². The summed E-state index contributed by atoms with van der Waals surface area (Å²) in [6.07, 6.45) is -0.679. The number of alkyl carbamates (subject to hydrolysis) is 1. The van der Waals surface area contributed by atoms with Crippen molar-refractivity contribution in [1.29, 1.82) is 0 Å². The lowest BCUT2D eigenvalue weighted by Gasteiger charge is -2.26. The molecule has 6 heteroatoms. The van der Waals surface area contributed by atoms with Crippen LogP contribution in [0.3, 0.4) is 0 Å². The third-order valence-corrected chi connectivity index (χ3v) is 3.16. The lowest BCUT2D eigenvalue weighted by Crippen LogP contribution is -2.46. The number of nitrogens with one attached hydrogen (secondary N) is 1. The minimum absolute atomic E-state index is 0.000455. The van der Waals surface area contributed by atoms with Gasteiger partial charge in [0.25, 0.3) is 0 Å². The van der Waals surface area contributed by atoms with Gasteiger partial charge in [0.05, 0.1) is 0 Å². The fraction of sp³-hybridized carbons (Fsp3) is 0.500. The molecule has 1 rings (SSSR count). The first kappa shape index (κ1) is 23.2. The summed E-state index contributed by atoms with van der Waals surface area (Å²) in [4.78, 5) is 36.5. The highest BCUT2D eigenvalue weighted by Crippen LogP contribution is 2.12. The van der Waals surface area contributed by atoms with E-state index in [1.807, 2.05) is 18.2 Å². The molecule has 0 spiro atoms. The number of Topliss-reactive ketones (excluding diaryl/α,β-unsaturated/α-hetero) is 1. The Balaban J connectivity index is 2.76. The molecule has 0 fully saturated rings. The molecule has 28 heavy (non-hydrogen) atoms. The summed E-state index contributed by atoms with van der Waals surface area (Å²) in [6.45, 7) is 10.3. The summed E-state index contributed by atoms with van der Waals surface area (Å²) in [5, 5.41) is 2.49. The predicted octanol–water partition coefficient (Wildman–Crippen LogP) is 3.62. The number of amides is 1. The van der Waals surface area contributed by atoms with E-state index < -0.39 is 29.3 Å². The number of ether oxygens (including phenoxy) is 2. The van der Waals surface area contributed by atoms with Crippen LogP contribution in [0, 0.1) is 11.8 Å². The SMILES string of the molecule is CC(C)(C)OC(=O)N[C@@H](CCC(=O)C#Cc1ccccc1)C(=O)OC(C)(C)C. The van der Waals surface area contributed by atoms with Crippen LogP contribution in [0.4, 0.5) is 4.79 Å². The summed E-state index contributed by atoms with van der Waals surface area (Å²) in [6, 6.07) is 8.12. The minimum atomic E-state index is -1.00. The van der Waals surface area contributed by atoms with Gasteiger partial charge in [-0.1, -0.05) is 24.1 Å². The van der Waals surface area contributed by atoms with Gasteiger partial charge in [0.2, 0.25) is 5.78 Å². The van der Waals surface area contributed by atoms with E-state index in [-0.39, 0.29) is 18.6 Å². The van der Waals surface area contributed by atoms with Crippen molar-refractivity contribution in [3.8, 4) is 11.8 Å². The molecule has 1 aromatic rings. The van der Waals surface area contributed by atoms with E-state index in [9.17, 15) is 14.4 Å². The Bertz CT molecular complexity index is 745. The van der Waals surface area contributed by atoms with Crippen LogP contribution in [0.5, 0.6) is 0 Å². The number of esters is 1. The highest BCUT2D eigenvalue weighted by molar-refractivity contribution is 5.96. The molecule has 152 valence electrons. The summed E-state index contributed by atoms with van der Waals surface area (Å²) in [5.41, 5.74) is -0.701. The second-order valence-corrected chi connectivity index (χ2v) is 8.31. The average molecular weight is 387 g/mol. The minimum Gasteiger partial charge on any atom is -0.458 e. The van der Waals surface area contributed by atoms with Crippen molar-refractivity contribution in [3.05, 3.63) is 35.9 Å².